The van der Waals surface area contributed by atoms with Gasteiger partial charge in [-0.05, 0) is 16.8 Å². The first-order chi connectivity index (χ1) is 9.86. The van der Waals surface area contributed by atoms with E-state index in [0.717, 1.165) is 57.6 Å². The maximum absolute atomic E-state index is 4.18. The number of unbranched alkanes of at least 4 members (excludes halogenated alkanes) is 1. The van der Waals surface area contributed by atoms with Crippen LogP contribution >= 0.6 is 0 Å². The fourth-order valence-electron chi connectivity index (χ4n) is 2.84. The third kappa shape index (κ3) is 3.16. The summed E-state index contributed by atoms with van der Waals surface area (Å²) < 4.78 is 1.96. The van der Waals surface area contributed by atoms with E-state index in [1.165, 1.54) is 19.5 Å². The van der Waals surface area contributed by atoms with E-state index < -0.39 is 0 Å². The average molecular weight is 279 g/mol. The smallest absolute Gasteiger partial charge is 0.165 e. The molecule has 112 valence electrons. The van der Waals surface area contributed by atoms with Crippen molar-refractivity contribution in [1.29, 1.82) is 0 Å². The Morgan fingerprint density at radius 1 is 1.20 bits per heavy atom. The molecular formula is C13H25N7. The summed E-state index contributed by atoms with van der Waals surface area (Å²) in [6, 6.07) is 0.770. The monoisotopic (exact) mass is 279 g/mol. The van der Waals surface area contributed by atoms with E-state index in [0.29, 0.717) is 0 Å². The molecule has 2 saturated heterocycles. The van der Waals surface area contributed by atoms with E-state index in [-0.39, 0.29) is 0 Å². The lowest BCUT2D eigenvalue weighted by Crippen LogP contribution is -2.61. The van der Waals surface area contributed by atoms with Crippen molar-refractivity contribution in [2.75, 3.05) is 39.3 Å². The van der Waals surface area contributed by atoms with Crippen LogP contribution in [0.25, 0.3) is 0 Å². The van der Waals surface area contributed by atoms with Crippen LogP contribution in [0.2, 0.25) is 0 Å². The van der Waals surface area contributed by atoms with Gasteiger partial charge >= 0.3 is 0 Å². The highest BCUT2D eigenvalue weighted by Crippen LogP contribution is 2.11. The van der Waals surface area contributed by atoms with E-state index in [1.807, 2.05) is 4.68 Å². The van der Waals surface area contributed by atoms with Crippen molar-refractivity contribution in [2.24, 2.45) is 0 Å². The Balaban J connectivity index is 1.48. The zero-order chi connectivity index (χ0) is 13.8. The molecule has 7 nitrogen and oxygen atoms in total. The molecule has 0 amide bonds. The summed E-state index contributed by atoms with van der Waals surface area (Å²) in [7, 11) is 0. The molecule has 0 radical (unpaired) electrons. The Kier molecular flexibility index (Phi) is 4.59. The van der Waals surface area contributed by atoms with Gasteiger partial charge in [0.2, 0.25) is 0 Å². The quantitative estimate of drug-likeness (QED) is 0.762. The molecule has 2 aliphatic heterocycles. The van der Waals surface area contributed by atoms with Crippen LogP contribution in [-0.2, 0) is 13.1 Å². The fourth-order valence-corrected chi connectivity index (χ4v) is 2.84. The molecule has 0 atom stereocenters. The number of rotatable bonds is 6. The average Bonchev–Trinajstić information content (AvgIpc) is 2.84. The number of hydrogen-bond donors (Lipinski definition) is 1. The van der Waals surface area contributed by atoms with E-state index >= 15 is 0 Å². The Hall–Kier alpha value is -1.05. The lowest BCUT2D eigenvalue weighted by Gasteiger charge is -2.43. The Labute approximate surface area is 120 Å². The van der Waals surface area contributed by atoms with Gasteiger partial charge in [-0.3, -0.25) is 9.80 Å². The van der Waals surface area contributed by atoms with Gasteiger partial charge in [-0.2, -0.15) is 0 Å². The number of hydrogen-bond acceptors (Lipinski definition) is 6. The van der Waals surface area contributed by atoms with Crippen LogP contribution in [-0.4, -0.2) is 75.3 Å². The summed E-state index contributed by atoms with van der Waals surface area (Å²) in [6.45, 7) is 10.9. The number of nitrogens with zero attached hydrogens (tertiary/aromatic N) is 6. The molecule has 0 aromatic carbocycles. The predicted octanol–water partition coefficient (Wildman–Crippen LogP) is -0.437. The van der Waals surface area contributed by atoms with E-state index in [1.54, 1.807) is 0 Å². The highest BCUT2D eigenvalue weighted by molar-refractivity contribution is 4.89. The van der Waals surface area contributed by atoms with Gasteiger partial charge in [0.1, 0.15) is 0 Å². The molecule has 7 heteroatoms. The summed E-state index contributed by atoms with van der Waals surface area (Å²) >= 11 is 0. The maximum atomic E-state index is 4.18. The Bertz CT molecular complexity index is 407. The van der Waals surface area contributed by atoms with Crippen molar-refractivity contribution in [3.05, 3.63) is 5.82 Å². The first kappa shape index (κ1) is 13.9. The minimum atomic E-state index is 0.770. The molecular weight excluding hydrogens is 254 g/mol. The minimum absolute atomic E-state index is 0.770. The second-order valence-electron chi connectivity index (χ2n) is 5.80. The second kappa shape index (κ2) is 6.60. The molecule has 0 bridgehead atoms. The van der Waals surface area contributed by atoms with Crippen molar-refractivity contribution in [3.8, 4) is 0 Å². The van der Waals surface area contributed by atoms with Gasteiger partial charge in [-0.25, -0.2) is 4.68 Å². The summed E-state index contributed by atoms with van der Waals surface area (Å²) in [4.78, 5) is 5.07. The number of aryl methyl sites for hydroxylation is 1. The largest absolute Gasteiger partial charge is 0.314 e. The number of piperazine rings is 1. The summed E-state index contributed by atoms with van der Waals surface area (Å²) in [5.74, 6) is 1.01. The Morgan fingerprint density at radius 2 is 2.00 bits per heavy atom. The molecule has 3 heterocycles. The van der Waals surface area contributed by atoms with Gasteiger partial charge in [0.15, 0.2) is 5.82 Å². The minimum Gasteiger partial charge on any atom is -0.314 e. The van der Waals surface area contributed by atoms with Gasteiger partial charge in [0.25, 0.3) is 0 Å². The molecule has 0 aliphatic carbocycles. The third-order valence-electron chi connectivity index (χ3n) is 4.38. The topological polar surface area (TPSA) is 62.1 Å². The van der Waals surface area contributed by atoms with Crippen molar-refractivity contribution < 1.29 is 0 Å². The van der Waals surface area contributed by atoms with Gasteiger partial charge in [-0.15, -0.1) is 5.10 Å². The zero-order valence-corrected chi connectivity index (χ0v) is 12.3. The van der Waals surface area contributed by atoms with E-state index in [4.69, 9.17) is 0 Å². The normalized spacial score (nSPS) is 22.1. The lowest BCUT2D eigenvalue weighted by molar-refractivity contribution is 0.0677. The molecule has 1 aromatic heterocycles. The van der Waals surface area contributed by atoms with Gasteiger partial charge < -0.3 is 5.32 Å². The van der Waals surface area contributed by atoms with Gasteiger partial charge in [0.05, 0.1) is 6.54 Å². The van der Waals surface area contributed by atoms with Crippen LogP contribution in [0.4, 0.5) is 0 Å². The molecule has 3 rings (SSSR count). The Morgan fingerprint density at radius 3 is 2.65 bits per heavy atom. The van der Waals surface area contributed by atoms with Crippen LogP contribution in [0, 0.1) is 0 Å². The molecule has 20 heavy (non-hydrogen) atoms. The van der Waals surface area contributed by atoms with Crippen LogP contribution in [0.1, 0.15) is 25.6 Å². The summed E-state index contributed by atoms with van der Waals surface area (Å²) in [5.41, 5.74) is 0. The first-order valence-electron chi connectivity index (χ1n) is 7.79. The van der Waals surface area contributed by atoms with E-state index in [9.17, 15) is 0 Å². The van der Waals surface area contributed by atoms with Crippen LogP contribution < -0.4 is 5.32 Å². The zero-order valence-electron chi connectivity index (χ0n) is 12.3. The molecule has 0 spiro atoms. The van der Waals surface area contributed by atoms with Crippen molar-refractivity contribution >= 4 is 0 Å². The number of tetrazole rings is 1. The molecule has 2 fully saturated rings. The van der Waals surface area contributed by atoms with Crippen molar-refractivity contribution in [1.82, 2.24) is 35.3 Å². The van der Waals surface area contributed by atoms with Gasteiger partial charge in [-0.1, -0.05) is 13.3 Å². The second-order valence-corrected chi connectivity index (χ2v) is 5.80. The van der Waals surface area contributed by atoms with Gasteiger partial charge in [0, 0.05) is 51.9 Å². The number of nitrogens with one attached hydrogen (secondary N) is 1. The standard InChI is InChI=1S/C13H25N7/c1-2-3-4-20-13(15-16-17-20)11-18-5-7-19(8-6-18)12-9-14-10-12/h12,14H,2-11H2,1H3. The molecule has 1 N–H and O–H groups in total. The van der Waals surface area contributed by atoms with Crippen molar-refractivity contribution in [2.45, 2.75) is 38.9 Å². The van der Waals surface area contributed by atoms with E-state index in [2.05, 4.69) is 37.6 Å². The maximum Gasteiger partial charge on any atom is 0.165 e. The third-order valence-corrected chi connectivity index (χ3v) is 4.38. The van der Waals surface area contributed by atoms with Crippen LogP contribution in [0.3, 0.4) is 0 Å². The molecule has 0 saturated carbocycles. The molecule has 2 aliphatic rings. The molecule has 0 unspecified atom stereocenters. The highest BCUT2D eigenvalue weighted by Gasteiger charge is 2.28. The lowest BCUT2D eigenvalue weighted by atomic mass is 10.1. The van der Waals surface area contributed by atoms with Crippen molar-refractivity contribution in [3.63, 3.8) is 0 Å². The molecule has 1 aromatic rings. The SMILES string of the molecule is CCCCn1nnnc1CN1CCN(C2CNC2)CC1. The summed E-state index contributed by atoms with van der Waals surface area (Å²) in [6.07, 6.45) is 2.31. The summed E-state index contributed by atoms with van der Waals surface area (Å²) in [5, 5.41) is 15.4. The van der Waals surface area contributed by atoms with Crippen LogP contribution in [0.5, 0.6) is 0 Å². The fraction of sp³-hybridized carbons (Fsp3) is 0.923. The highest BCUT2D eigenvalue weighted by atomic mass is 15.5. The number of aromatic nitrogens is 4. The first-order valence-corrected chi connectivity index (χ1v) is 7.79. The predicted molar refractivity (Wildman–Crippen MR) is 76.2 cm³/mol. The van der Waals surface area contributed by atoms with Crippen LogP contribution in [0.15, 0.2) is 0 Å².